The monoisotopic (exact) mass is 475 g/mol. The molecule has 0 aromatic heterocycles. The van der Waals surface area contributed by atoms with E-state index in [4.69, 9.17) is 0 Å². The fourth-order valence-electron chi connectivity index (χ4n) is 4.52. The number of hydrogen-bond donors (Lipinski definition) is 4. The van der Waals surface area contributed by atoms with Crippen molar-refractivity contribution in [3.8, 4) is 0 Å². The average molecular weight is 476 g/mol. The third kappa shape index (κ3) is 8.59. The quantitative estimate of drug-likeness (QED) is 0.139. The van der Waals surface area contributed by atoms with Gasteiger partial charge in [-0.15, -0.1) is 11.8 Å². The zero-order valence-electron chi connectivity index (χ0n) is 18.5. The maximum atomic E-state index is 13.7. The van der Waals surface area contributed by atoms with Crippen LogP contribution in [0.2, 0.25) is 0 Å². The van der Waals surface area contributed by atoms with Crippen LogP contribution in [-0.4, -0.2) is 52.5 Å². The molecule has 0 bridgehead atoms. The number of benzene rings is 1. The van der Waals surface area contributed by atoms with Crippen LogP contribution in [0.5, 0.6) is 0 Å². The summed E-state index contributed by atoms with van der Waals surface area (Å²) in [5, 5.41) is 30.4. The van der Waals surface area contributed by atoms with Crippen LogP contribution < -0.4 is 5.48 Å². The molecular formula is C23H35F2NO5S. The summed E-state index contributed by atoms with van der Waals surface area (Å²) in [5.41, 5.74) is 2.32. The van der Waals surface area contributed by atoms with E-state index in [-0.39, 0.29) is 29.6 Å². The third-order valence-electron chi connectivity index (χ3n) is 6.28. The molecule has 0 spiro atoms. The third-order valence-corrected chi connectivity index (χ3v) is 7.47. The SMILES string of the molecule is COC(=O)CCCCCCC1[C@@H](CC[C@@H](O)CSc2ccc(F)cc2F)C(NO)C[C@@H]1O. The van der Waals surface area contributed by atoms with Crippen molar-refractivity contribution in [2.45, 2.75) is 80.9 Å². The number of methoxy groups -OCH3 is 1. The van der Waals surface area contributed by atoms with E-state index in [2.05, 4.69) is 10.2 Å². The van der Waals surface area contributed by atoms with Crippen LogP contribution in [0.3, 0.4) is 0 Å². The maximum Gasteiger partial charge on any atom is 0.305 e. The van der Waals surface area contributed by atoms with Crippen LogP contribution in [0, 0.1) is 23.5 Å². The van der Waals surface area contributed by atoms with Gasteiger partial charge in [-0.1, -0.05) is 19.3 Å². The minimum Gasteiger partial charge on any atom is -0.469 e. The first-order valence-electron chi connectivity index (χ1n) is 11.3. The van der Waals surface area contributed by atoms with Gasteiger partial charge in [-0.25, -0.2) is 14.3 Å². The molecule has 0 amide bonds. The number of hydrogen-bond acceptors (Lipinski definition) is 7. The van der Waals surface area contributed by atoms with Crippen molar-refractivity contribution < 1.29 is 33.7 Å². The number of aliphatic hydroxyl groups excluding tert-OH is 2. The van der Waals surface area contributed by atoms with Gasteiger partial charge in [-0.05, 0) is 56.1 Å². The lowest BCUT2D eigenvalue weighted by Crippen LogP contribution is -2.32. The van der Waals surface area contributed by atoms with E-state index in [0.717, 1.165) is 49.9 Å². The highest BCUT2D eigenvalue weighted by molar-refractivity contribution is 7.99. The van der Waals surface area contributed by atoms with Crippen molar-refractivity contribution in [1.29, 1.82) is 0 Å². The number of carbonyl (C=O) groups is 1. The molecule has 1 aromatic carbocycles. The maximum absolute atomic E-state index is 13.7. The topological polar surface area (TPSA) is 99.0 Å². The number of thioether (sulfide) groups is 1. The number of ether oxygens (including phenoxy) is 1. The summed E-state index contributed by atoms with van der Waals surface area (Å²) in [5.74, 6) is -1.16. The number of carbonyl (C=O) groups excluding carboxylic acids is 1. The fourth-order valence-corrected chi connectivity index (χ4v) is 5.41. The molecule has 2 rings (SSSR count). The van der Waals surface area contributed by atoms with Crippen molar-refractivity contribution in [3.63, 3.8) is 0 Å². The molecule has 0 saturated heterocycles. The Kier molecular flexibility index (Phi) is 11.9. The molecule has 1 fully saturated rings. The Bertz CT molecular complexity index is 711. The summed E-state index contributed by atoms with van der Waals surface area (Å²) >= 11 is 1.14. The number of esters is 1. The molecule has 6 nitrogen and oxygen atoms in total. The average Bonchev–Trinajstić information content (AvgIpc) is 3.08. The number of hydroxylamine groups is 1. The Morgan fingerprint density at radius 2 is 1.97 bits per heavy atom. The van der Waals surface area contributed by atoms with E-state index in [9.17, 15) is 29.0 Å². The van der Waals surface area contributed by atoms with Gasteiger partial charge in [-0.2, -0.15) is 0 Å². The lowest BCUT2D eigenvalue weighted by atomic mass is 9.84. The van der Waals surface area contributed by atoms with Crippen molar-refractivity contribution in [2.75, 3.05) is 12.9 Å². The molecule has 2 unspecified atom stereocenters. The molecule has 1 aliphatic carbocycles. The molecule has 1 aliphatic rings. The first-order valence-corrected chi connectivity index (χ1v) is 12.2. The smallest absolute Gasteiger partial charge is 0.305 e. The minimum absolute atomic E-state index is 0.0206. The number of aliphatic hydroxyl groups is 2. The molecule has 5 atom stereocenters. The molecule has 1 saturated carbocycles. The number of nitrogens with one attached hydrogen (secondary N) is 1. The molecule has 1 aromatic rings. The molecule has 9 heteroatoms. The summed E-state index contributed by atoms with van der Waals surface area (Å²) in [6.45, 7) is 0. The van der Waals surface area contributed by atoms with Gasteiger partial charge >= 0.3 is 5.97 Å². The van der Waals surface area contributed by atoms with Crippen LogP contribution in [0.25, 0.3) is 0 Å². The first-order chi connectivity index (χ1) is 15.3. The van der Waals surface area contributed by atoms with E-state index in [1.165, 1.54) is 19.2 Å². The summed E-state index contributed by atoms with van der Waals surface area (Å²) in [6.07, 6.45) is 5.14. The van der Waals surface area contributed by atoms with Crippen molar-refractivity contribution >= 4 is 17.7 Å². The normalized spacial score (nSPS) is 23.9. The second-order valence-corrected chi connectivity index (χ2v) is 9.57. The summed E-state index contributed by atoms with van der Waals surface area (Å²) < 4.78 is 31.4. The Morgan fingerprint density at radius 1 is 1.22 bits per heavy atom. The van der Waals surface area contributed by atoms with Crippen molar-refractivity contribution in [2.24, 2.45) is 11.8 Å². The predicted octanol–water partition coefficient (Wildman–Crippen LogP) is 4.06. The Balaban J connectivity index is 1.76. The van der Waals surface area contributed by atoms with Crippen molar-refractivity contribution in [1.82, 2.24) is 5.48 Å². The molecule has 4 N–H and O–H groups in total. The summed E-state index contributed by atoms with van der Waals surface area (Å²) in [6, 6.07) is 3.15. The van der Waals surface area contributed by atoms with Crippen LogP contribution in [0.15, 0.2) is 23.1 Å². The predicted molar refractivity (Wildman–Crippen MR) is 118 cm³/mol. The molecule has 182 valence electrons. The second-order valence-electron chi connectivity index (χ2n) is 8.51. The Labute approximate surface area is 192 Å². The highest BCUT2D eigenvalue weighted by Gasteiger charge is 2.41. The lowest BCUT2D eigenvalue weighted by Gasteiger charge is -2.26. The molecule has 32 heavy (non-hydrogen) atoms. The molecule has 0 heterocycles. The van der Waals surface area contributed by atoms with Crippen LogP contribution in [0.1, 0.15) is 57.8 Å². The fraction of sp³-hybridized carbons (Fsp3) is 0.696. The second kappa shape index (κ2) is 14.1. The van der Waals surface area contributed by atoms with Gasteiger partial charge in [0.15, 0.2) is 0 Å². The van der Waals surface area contributed by atoms with E-state index in [1.54, 1.807) is 0 Å². The van der Waals surface area contributed by atoms with Gasteiger partial charge in [0.25, 0.3) is 0 Å². The van der Waals surface area contributed by atoms with Gasteiger partial charge in [-0.3, -0.25) is 4.79 Å². The largest absolute Gasteiger partial charge is 0.469 e. The molecular weight excluding hydrogens is 440 g/mol. The number of halogens is 2. The standard InChI is InChI=1S/C23H35F2NO5S/c1-31-23(29)7-5-3-2-4-6-18-17(20(26-30)13-21(18)28)10-9-16(27)14-32-22-11-8-15(24)12-19(22)25/h8,11-12,16-18,20-21,26-28,30H,2-7,9-10,13-14H2,1H3/t16-,17-,18?,20?,21+/m1/s1. The van der Waals surface area contributed by atoms with E-state index >= 15 is 0 Å². The van der Waals surface area contributed by atoms with Crippen LogP contribution in [-0.2, 0) is 9.53 Å². The molecule has 0 radical (unpaired) electrons. The van der Waals surface area contributed by atoms with Gasteiger partial charge < -0.3 is 20.2 Å². The number of unbranched alkanes of at least 4 members (excludes halogenated alkanes) is 3. The van der Waals surface area contributed by atoms with E-state index in [0.29, 0.717) is 30.6 Å². The van der Waals surface area contributed by atoms with E-state index in [1.807, 2.05) is 0 Å². The summed E-state index contributed by atoms with van der Waals surface area (Å²) in [7, 11) is 1.38. The zero-order valence-corrected chi connectivity index (χ0v) is 19.3. The van der Waals surface area contributed by atoms with E-state index < -0.39 is 23.8 Å². The Morgan fingerprint density at radius 3 is 2.66 bits per heavy atom. The zero-order chi connectivity index (χ0) is 23.5. The molecule has 0 aliphatic heterocycles. The van der Waals surface area contributed by atoms with Gasteiger partial charge in [0.1, 0.15) is 11.6 Å². The number of rotatable bonds is 14. The van der Waals surface area contributed by atoms with Crippen LogP contribution >= 0.6 is 11.8 Å². The minimum atomic E-state index is -0.680. The summed E-state index contributed by atoms with van der Waals surface area (Å²) in [4.78, 5) is 11.4. The van der Waals surface area contributed by atoms with Crippen LogP contribution in [0.4, 0.5) is 8.78 Å². The van der Waals surface area contributed by atoms with Gasteiger partial charge in [0.05, 0.1) is 19.3 Å². The highest BCUT2D eigenvalue weighted by Crippen LogP contribution is 2.39. The van der Waals surface area contributed by atoms with Gasteiger partial charge in [0, 0.05) is 29.2 Å². The first kappa shape index (κ1) is 27.0. The Hall–Kier alpha value is -1.26. The van der Waals surface area contributed by atoms with Crippen molar-refractivity contribution in [3.05, 3.63) is 29.8 Å². The highest BCUT2D eigenvalue weighted by atomic mass is 32.2. The van der Waals surface area contributed by atoms with Gasteiger partial charge in [0.2, 0.25) is 0 Å². The lowest BCUT2D eigenvalue weighted by molar-refractivity contribution is -0.140.